The Labute approximate surface area is 182 Å². The number of hydrogen-bond acceptors (Lipinski definition) is 2. The number of halogens is 3. The molecule has 3 aromatic rings. The van der Waals surface area contributed by atoms with Crippen molar-refractivity contribution >= 4 is 29.0 Å². The fourth-order valence-electron chi connectivity index (χ4n) is 3.66. The van der Waals surface area contributed by atoms with Gasteiger partial charge in [-0.15, -0.1) is 0 Å². The monoisotopic (exact) mass is 439 g/mol. The van der Waals surface area contributed by atoms with Gasteiger partial charge in [-0.1, -0.05) is 18.2 Å². The molecule has 0 saturated heterocycles. The summed E-state index contributed by atoms with van der Waals surface area (Å²) in [5, 5.41) is 5.20. The maximum atomic E-state index is 12.9. The first kappa shape index (κ1) is 21.4. The van der Waals surface area contributed by atoms with Crippen LogP contribution in [0.3, 0.4) is 0 Å². The lowest BCUT2D eigenvalue weighted by molar-refractivity contribution is -0.137. The molecule has 0 spiro atoms. The van der Waals surface area contributed by atoms with Crippen LogP contribution in [0.25, 0.3) is 0 Å². The van der Waals surface area contributed by atoms with Crippen LogP contribution in [0.5, 0.6) is 0 Å². The van der Waals surface area contributed by atoms with E-state index in [1.54, 1.807) is 29.2 Å². The standard InChI is InChI=1S/C24H20F3N3O2/c25-24(26,27)18-8-10-19(11-9-18)28-23(32)29-20-12-13-21-17(15-20)7-4-14-30(21)22(31)16-5-2-1-3-6-16/h1-3,5-6,8-13,15H,4,7,14H2,(H2,28,29,32). The van der Waals surface area contributed by atoms with Crippen molar-refractivity contribution in [2.45, 2.75) is 19.0 Å². The van der Waals surface area contributed by atoms with Gasteiger partial charge in [0.15, 0.2) is 0 Å². The van der Waals surface area contributed by atoms with E-state index in [1.165, 1.54) is 12.1 Å². The lowest BCUT2D eigenvalue weighted by Crippen LogP contribution is -2.35. The number of fused-ring (bicyclic) bond motifs is 1. The first-order valence-electron chi connectivity index (χ1n) is 10.1. The quantitative estimate of drug-likeness (QED) is 0.530. The molecule has 1 aliphatic rings. The molecule has 164 valence electrons. The Hall–Kier alpha value is -3.81. The van der Waals surface area contributed by atoms with Crippen molar-refractivity contribution in [3.05, 3.63) is 89.5 Å². The average Bonchev–Trinajstić information content (AvgIpc) is 2.78. The van der Waals surface area contributed by atoms with E-state index in [0.717, 1.165) is 36.2 Å². The predicted molar refractivity (Wildman–Crippen MR) is 117 cm³/mol. The van der Waals surface area contributed by atoms with Crippen LogP contribution in [0.15, 0.2) is 72.8 Å². The van der Waals surface area contributed by atoms with E-state index < -0.39 is 17.8 Å². The third kappa shape index (κ3) is 4.74. The number of benzene rings is 3. The number of urea groups is 1. The highest BCUT2D eigenvalue weighted by atomic mass is 19.4. The molecule has 0 atom stereocenters. The van der Waals surface area contributed by atoms with Crippen LogP contribution in [0.4, 0.5) is 35.0 Å². The summed E-state index contributed by atoms with van der Waals surface area (Å²) in [4.78, 5) is 26.9. The van der Waals surface area contributed by atoms with E-state index in [2.05, 4.69) is 10.6 Å². The van der Waals surface area contributed by atoms with Crippen molar-refractivity contribution < 1.29 is 22.8 Å². The maximum Gasteiger partial charge on any atom is 0.416 e. The molecule has 8 heteroatoms. The van der Waals surface area contributed by atoms with Gasteiger partial charge in [-0.05, 0) is 73.0 Å². The number of carbonyl (C=O) groups is 2. The van der Waals surface area contributed by atoms with Gasteiger partial charge in [0, 0.05) is 29.2 Å². The predicted octanol–water partition coefficient (Wildman–Crippen LogP) is 5.94. The van der Waals surface area contributed by atoms with Crippen molar-refractivity contribution in [2.24, 2.45) is 0 Å². The molecule has 2 N–H and O–H groups in total. The summed E-state index contributed by atoms with van der Waals surface area (Å²) in [6, 6.07) is 18.0. The molecule has 0 bridgehead atoms. The number of aryl methyl sites for hydroxylation is 1. The topological polar surface area (TPSA) is 61.4 Å². The van der Waals surface area contributed by atoms with Gasteiger partial charge in [-0.3, -0.25) is 4.79 Å². The summed E-state index contributed by atoms with van der Waals surface area (Å²) in [5.41, 5.74) is 2.34. The highest BCUT2D eigenvalue weighted by Gasteiger charge is 2.30. The van der Waals surface area contributed by atoms with E-state index in [1.807, 2.05) is 24.3 Å². The van der Waals surface area contributed by atoms with Crippen LogP contribution in [0.1, 0.15) is 27.9 Å². The van der Waals surface area contributed by atoms with Gasteiger partial charge >= 0.3 is 12.2 Å². The largest absolute Gasteiger partial charge is 0.416 e. The molecule has 5 nitrogen and oxygen atoms in total. The highest BCUT2D eigenvalue weighted by molar-refractivity contribution is 6.07. The Morgan fingerprint density at radius 1 is 0.844 bits per heavy atom. The number of alkyl halides is 3. The Morgan fingerprint density at radius 2 is 1.50 bits per heavy atom. The number of anilines is 3. The van der Waals surface area contributed by atoms with Crippen molar-refractivity contribution in [1.29, 1.82) is 0 Å². The fraction of sp³-hybridized carbons (Fsp3) is 0.167. The molecule has 32 heavy (non-hydrogen) atoms. The first-order chi connectivity index (χ1) is 15.3. The minimum Gasteiger partial charge on any atom is -0.308 e. The lowest BCUT2D eigenvalue weighted by Gasteiger charge is -2.30. The summed E-state index contributed by atoms with van der Waals surface area (Å²) >= 11 is 0. The fourth-order valence-corrected chi connectivity index (χ4v) is 3.66. The molecule has 0 aromatic heterocycles. The second-order valence-electron chi connectivity index (χ2n) is 7.42. The minimum absolute atomic E-state index is 0.0766. The van der Waals surface area contributed by atoms with Gasteiger partial charge in [-0.25, -0.2) is 4.79 Å². The van der Waals surface area contributed by atoms with Crippen molar-refractivity contribution in [1.82, 2.24) is 0 Å². The molecule has 1 aliphatic heterocycles. The number of carbonyl (C=O) groups excluding carboxylic acids is 2. The molecule has 0 fully saturated rings. The summed E-state index contributed by atoms with van der Waals surface area (Å²) < 4.78 is 38.0. The van der Waals surface area contributed by atoms with Crippen LogP contribution in [-0.4, -0.2) is 18.5 Å². The molecule has 1 heterocycles. The van der Waals surface area contributed by atoms with Gasteiger partial charge in [0.2, 0.25) is 0 Å². The molecule has 3 amide bonds. The molecule has 0 unspecified atom stereocenters. The normalized spacial score (nSPS) is 13.3. The van der Waals surface area contributed by atoms with Crippen LogP contribution in [0, 0.1) is 0 Å². The third-order valence-electron chi connectivity index (χ3n) is 5.19. The first-order valence-corrected chi connectivity index (χ1v) is 10.1. The Morgan fingerprint density at radius 3 is 2.19 bits per heavy atom. The van der Waals surface area contributed by atoms with Gasteiger partial charge in [0.05, 0.1) is 5.56 Å². The SMILES string of the molecule is O=C(Nc1ccc(C(F)(F)F)cc1)Nc1ccc2c(c1)CCCN2C(=O)c1ccccc1. The number of rotatable bonds is 3. The van der Waals surface area contributed by atoms with Gasteiger partial charge in [-0.2, -0.15) is 13.2 Å². The second-order valence-corrected chi connectivity index (χ2v) is 7.42. The van der Waals surface area contributed by atoms with Crippen molar-refractivity contribution in [2.75, 3.05) is 22.1 Å². The zero-order valence-corrected chi connectivity index (χ0v) is 16.9. The number of amides is 3. The van der Waals surface area contributed by atoms with E-state index in [0.29, 0.717) is 17.8 Å². The average molecular weight is 439 g/mol. The summed E-state index contributed by atoms with van der Waals surface area (Å²) in [5.74, 6) is -0.0766. The number of nitrogens with zero attached hydrogens (tertiary/aromatic N) is 1. The van der Waals surface area contributed by atoms with E-state index in [-0.39, 0.29) is 11.6 Å². The van der Waals surface area contributed by atoms with E-state index in [9.17, 15) is 22.8 Å². The molecule has 4 rings (SSSR count). The maximum absolute atomic E-state index is 12.9. The number of hydrogen-bond donors (Lipinski definition) is 2. The number of nitrogens with one attached hydrogen (secondary N) is 2. The van der Waals surface area contributed by atoms with Crippen LogP contribution < -0.4 is 15.5 Å². The highest BCUT2D eigenvalue weighted by Crippen LogP contribution is 2.32. The van der Waals surface area contributed by atoms with Gasteiger partial charge in [0.1, 0.15) is 0 Å². The van der Waals surface area contributed by atoms with E-state index >= 15 is 0 Å². The van der Waals surface area contributed by atoms with Crippen LogP contribution in [0.2, 0.25) is 0 Å². The minimum atomic E-state index is -4.43. The smallest absolute Gasteiger partial charge is 0.308 e. The lowest BCUT2D eigenvalue weighted by atomic mass is 10.00. The molecule has 3 aromatic carbocycles. The Bertz CT molecular complexity index is 1130. The van der Waals surface area contributed by atoms with E-state index in [4.69, 9.17) is 0 Å². The zero-order chi connectivity index (χ0) is 22.7. The van der Waals surface area contributed by atoms with Crippen LogP contribution in [-0.2, 0) is 12.6 Å². The van der Waals surface area contributed by atoms with Crippen molar-refractivity contribution in [3.8, 4) is 0 Å². The van der Waals surface area contributed by atoms with Crippen LogP contribution >= 0.6 is 0 Å². The molecular formula is C24H20F3N3O2. The summed E-state index contributed by atoms with van der Waals surface area (Å²) in [7, 11) is 0. The summed E-state index contributed by atoms with van der Waals surface area (Å²) in [6.45, 7) is 0.613. The molecule has 0 saturated carbocycles. The van der Waals surface area contributed by atoms with Gasteiger partial charge in [0.25, 0.3) is 5.91 Å². The zero-order valence-electron chi connectivity index (χ0n) is 16.9. The molecular weight excluding hydrogens is 419 g/mol. The third-order valence-corrected chi connectivity index (χ3v) is 5.19. The van der Waals surface area contributed by atoms with Crippen molar-refractivity contribution in [3.63, 3.8) is 0 Å². The van der Waals surface area contributed by atoms with Gasteiger partial charge < -0.3 is 15.5 Å². The Kier molecular flexibility index (Phi) is 5.85. The summed E-state index contributed by atoms with van der Waals surface area (Å²) in [6.07, 6.45) is -2.86. The Balaban J connectivity index is 1.45. The second kappa shape index (κ2) is 8.74. The molecule has 0 radical (unpaired) electrons. The molecule has 0 aliphatic carbocycles.